The van der Waals surface area contributed by atoms with Crippen molar-refractivity contribution in [2.45, 2.75) is 0 Å². The molecule has 0 aliphatic carbocycles. The quantitative estimate of drug-likeness (QED) is 0.536. The Kier molecular flexibility index (Phi) is 3.90. The van der Waals surface area contributed by atoms with E-state index < -0.39 is 27.9 Å². The molecule has 0 saturated heterocycles. The smallest absolute Gasteiger partial charge is 0.282 e. The summed E-state index contributed by atoms with van der Waals surface area (Å²) in [5.74, 6) is -1.48. The van der Waals surface area contributed by atoms with E-state index in [1.807, 2.05) is 0 Å². The zero-order valence-corrected chi connectivity index (χ0v) is 10.6. The number of amides is 1. The van der Waals surface area contributed by atoms with E-state index >= 15 is 0 Å². The van der Waals surface area contributed by atoms with Gasteiger partial charge in [-0.05, 0) is 24.3 Å². The van der Waals surface area contributed by atoms with Gasteiger partial charge in [-0.2, -0.15) is 0 Å². The second-order valence-corrected chi connectivity index (χ2v) is 4.11. The molecule has 1 aromatic carbocycles. The van der Waals surface area contributed by atoms with E-state index in [4.69, 9.17) is 11.6 Å². The Bertz CT molecular complexity index is 693. The van der Waals surface area contributed by atoms with E-state index in [9.17, 15) is 19.3 Å². The van der Waals surface area contributed by atoms with E-state index in [0.717, 1.165) is 18.2 Å². The van der Waals surface area contributed by atoms with Crippen LogP contribution in [0.1, 0.15) is 10.4 Å². The minimum absolute atomic E-state index is 0.112. The van der Waals surface area contributed by atoms with Gasteiger partial charge in [0, 0.05) is 6.07 Å². The Hall–Kier alpha value is -2.54. The Morgan fingerprint density at radius 3 is 2.75 bits per heavy atom. The van der Waals surface area contributed by atoms with E-state index in [1.165, 1.54) is 12.1 Å². The summed E-state index contributed by atoms with van der Waals surface area (Å²) < 4.78 is 13.1. The Morgan fingerprint density at radius 1 is 1.35 bits per heavy atom. The maximum Gasteiger partial charge on any atom is 0.282 e. The number of aromatic nitrogens is 1. The molecule has 2 aromatic rings. The van der Waals surface area contributed by atoms with Gasteiger partial charge in [0.25, 0.3) is 11.6 Å². The van der Waals surface area contributed by atoms with Crippen LogP contribution in [-0.4, -0.2) is 15.8 Å². The third-order valence-corrected chi connectivity index (χ3v) is 2.57. The fourth-order valence-electron chi connectivity index (χ4n) is 1.51. The summed E-state index contributed by atoms with van der Waals surface area (Å²) in [5, 5.41) is 13.3. The fourth-order valence-corrected chi connectivity index (χ4v) is 1.67. The van der Waals surface area contributed by atoms with E-state index in [2.05, 4.69) is 10.3 Å². The summed E-state index contributed by atoms with van der Waals surface area (Å²) in [5.41, 5.74) is -0.886. The molecular formula is C12H7ClFN3O3. The van der Waals surface area contributed by atoms with Crippen LogP contribution in [0, 0.1) is 15.9 Å². The van der Waals surface area contributed by atoms with Crippen LogP contribution in [0.2, 0.25) is 5.15 Å². The first-order chi connectivity index (χ1) is 9.47. The highest BCUT2D eigenvalue weighted by molar-refractivity contribution is 6.29. The van der Waals surface area contributed by atoms with Crippen molar-refractivity contribution in [3.05, 3.63) is 63.0 Å². The molecule has 0 spiro atoms. The third-order valence-electron chi connectivity index (χ3n) is 2.36. The van der Waals surface area contributed by atoms with Crippen LogP contribution >= 0.6 is 11.6 Å². The molecule has 0 aliphatic rings. The van der Waals surface area contributed by atoms with Crippen molar-refractivity contribution in [3.63, 3.8) is 0 Å². The van der Waals surface area contributed by atoms with Crippen molar-refractivity contribution in [1.29, 1.82) is 0 Å². The van der Waals surface area contributed by atoms with Crippen molar-refractivity contribution in [1.82, 2.24) is 4.98 Å². The molecule has 0 atom stereocenters. The molecule has 8 heteroatoms. The van der Waals surface area contributed by atoms with Crippen LogP contribution in [0.4, 0.5) is 15.9 Å². The summed E-state index contributed by atoms with van der Waals surface area (Å²) in [4.78, 5) is 25.8. The molecule has 0 saturated carbocycles. The van der Waals surface area contributed by atoms with Gasteiger partial charge < -0.3 is 5.32 Å². The molecule has 1 heterocycles. The largest absolute Gasteiger partial charge is 0.306 e. The van der Waals surface area contributed by atoms with E-state index in [0.29, 0.717) is 0 Å². The maximum absolute atomic E-state index is 13.1. The number of hydrogen-bond donors (Lipinski definition) is 1. The Labute approximate surface area is 117 Å². The SMILES string of the molecule is O=C(Nc1cccc(Cl)n1)c1cc(F)ccc1[N+](=O)[O-]. The zero-order chi connectivity index (χ0) is 14.7. The lowest BCUT2D eigenvalue weighted by Crippen LogP contribution is -2.15. The second kappa shape index (κ2) is 5.62. The average molecular weight is 296 g/mol. The van der Waals surface area contributed by atoms with Crippen molar-refractivity contribution < 1.29 is 14.1 Å². The first kappa shape index (κ1) is 13.9. The highest BCUT2D eigenvalue weighted by atomic mass is 35.5. The Balaban J connectivity index is 2.34. The number of pyridine rings is 1. The number of benzene rings is 1. The van der Waals surface area contributed by atoms with E-state index in [-0.39, 0.29) is 11.0 Å². The summed E-state index contributed by atoms with van der Waals surface area (Å²) in [7, 11) is 0. The molecule has 1 N–H and O–H groups in total. The fraction of sp³-hybridized carbons (Fsp3) is 0. The minimum atomic E-state index is -0.842. The summed E-state index contributed by atoms with van der Waals surface area (Å²) in [6, 6.07) is 7.13. The number of carbonyl (C=O) groups is 1. The van der Waals surface area contributed by atoms with Crippen LogP contribution in [-0.2, 0) is 0 Å². The van der Waals surface area contributed by atoms with Crippen LogP contribution in [0.3, 0.4) is 0 Å². The van der Waals surface area contributed by atoms with Gasteiger partial charge in [0.15, 0.2) is 0 Å². The van der Waals surface area contributed by atoms with Gasteiger partial charge in [0.1, 0.15) is 22.4 Å². The van der Waals surface area contributed by atoms with Crippen molar-refractivity contribution in [2.75, 3.05) is 5.32 Å². The number of rotatable bonds is 3. The molecule has 0 unspecified atom stereocenters. The predicted octanol–water partition coefficient (Wildman–Crippen LogP) is 3.03. The second-order valence-electron chi connectivity index (χ2n) is 3.72. The molecular weight excluding hydrogens is 289 g/mol. The first-order valence-electron chi connectivity index (χ1n) is 5.35. The number of nitrogens with zero attached hydrogens (tertiary/aromatic N) is 2. The van der Waals surface area contributed by atoms with Gasteiger partial charge in [0.2, 0.25) is 0 Å². The van der Waals surface area contributed by atoms with Crippen molar-refractivity contribution >= 4 is 29.0 Å². The lowest BCUT2D eigenvalue weighted by atomic mass is 10.1. The minimum Gasteiger partial charge on any atom is -0.306 e. The molecule has 6 nitrogen and oxygen atoms in total. The van der Waals surface area contributed by atoms with Crippen LogP contribution in [0.15, 0.2) is 36.4 Å². The standard InChI is InChI=1S/C12H7ClFN3O3/c13-10-2-1-3-11(15-10)16-12(18)8-6-7(14)4-5-9(8)17(19)20/h1-6H,(H,15,16,18). The Morgan fingerprint density at radius 2 is 2.10 bits per heavy atom. The number of hydrogen-bond acceptors (Lipinski definition) is 4. The molecule has 102 valence electrons. The number of carbonyl (C=O) groups excluding carboxylic acids is 1. The number of nitro groups is 1. The molecule has 0 radical (unpaired) electrons. The molecule has 1 aromatic heterocycles. The molecule has 0 fully saturated rings. The van der Waals surface area contributed by atoms with Crippen LogP contribution < -0.4 is 5.32 Å². The van der Waals surface area contributed by atoms with Gasteiger partial charge in [-0.1, -0.05) is 17.7 Å². The van der Waals surface area contributed by atoms with Gasteiger partial charge in [-0.15, -0.1) is 0 Å². The normalized spacial score (nSPS) is 10.1. The molecule has 1 amide bonds. The first-order valence-corrected chi connectivity index (χ1v) is 5.73. The van der Waals surface area contributed by atoms with E-state index in [1.54, 1.807) is 6.07 Å². The van der Waals surface area contributed by atoms with Crippen LogP contribution in [0.25, 0.3) is 0 Å². The molecule has 0 bridgehead atoms. The van der Waals surface area contributed by atoms with Gasteiger partial charge >= 0.3 is 0 Å². The average Bonchev–Trinajstić information content (AvgIpc) is 2.38. The lowest BCUT2D eigenvalue weighted by molar-refractivity contribution is -0.385. The summed E-state index contributed by atoms with van der Waals surface area (Å²) >= 11 is 5.65. The van der Waals surface area contributed by atoms with Crippen molar-refractivity contribution in [2.24, 2.45) is 0 Å². The number of nitrogens with one attached hydrogen (secondary N) is 1. The van der Waals surface area contributed by atoms with Crippen molar-refractivity contribution in [3.8, 4) is 0 Å². The summed E-state index contributed by atoms with van der Waals surface area (Å²) in [6.07, 6.45) is 0. The molecule has 2 rings (SSSR count). The van der Waals surface area contributed by atoms with Gasteiger partial charge in [-0.3, -0.25) is 14.9 Å². The topological polar surface area (TPSA) is 85.1 Å². The third kappa shape index (κ3) is 3.07. The molecule has 0 aliphatic heterocycles. The lowest BCUT2D eigenvalue weighted by Gasteiger charge is -2.05. The predicted molar refractivity (Wildman–Crippen MR) is 70.3 cm³/mol. The zero-order valence-electron chi connectivity index (χ0n) is 9.84. The van der Waals surface area contributed by atoms with Gasteiger partial charge in [0.05, 0.1) is 4.92 Å². The monoisotopic (exact) mass is 295 g/mol. The highest BCUT2D eigenvalue weighted by Gasteiger charge is 2.21. The number of nitro benzene ring substituents is 1. The summed E-state index contributed by atoms with van der Waals surface area (Å²) in [6.45, 7) is 0. The van der Waals surface area contributed by atoms with Crippen LogP contribution in [0.5, 0.6) is 0 Å². The number of halogens is 2. The molecule has 20 heavy (non-hydrogen) atoms. The van der Waals surface area contributed by atoms with Gasteiger partial charge in [-0.25, -0.2) is 9.37 Å². The number of anilines is 1. The maximum atomic E-state index is 13.1. The highest BCUT2D eigenvalue weighted by Crippen LogP contribution is 2.21.